The molecule has 1 N–H and O–H groups in total. The first kappa shape index (κ1) is 16.6. The van der Waals surface area contributed by atoms with E-state index < -0.39 is 11.9 Å². The molecule has 0 aliphatic carbocycles. The zero-order valence-corrected chi connectivity index (χ0v) is 14.2. The molecule has 3 rings (SSSR count). The second-order valence-electron chi connectivity index (χ2n) is 5.87. The Morgan fingerprint density at radius 3 is 2.62 bits per heavy atom. The maximum Gasteiger partial charge on any atom is 0.308 e. The van der Waals surface area contributed by atoms with Crippen LogP contribution in [0.5, 0.6) is 0 Å². The lowest BCUT2D eigenvalue weighted by atomic mass is 9.89. The van der Waals surface area contributed by atoms with Gasteiger partial charge in [-0.05, 0) is 24.0 Å². The molecule has 1 aromatic heterocycles. The number of carbonyl (C=O) groups is 2. The van der Waals surface area contributed by atoms with Crippen LogP contribution in [-0.4, -0.2) is 41.2 Å². The van der Waals surface area contributed by atoms with Crippen molar-refractivity contribution >= 4 is 23.6 Å². The van der Waals surface area contributed by atoms with E-state index in [0.29, 0.717) is 12.3 Å². The minimum Gasteiger partial charge on any atom is -0.481 e. The summed E-state index contributed by atoms with van der Waals surface area (Å²) in [4.78, 5) is 25.8. The van der Waals surface area contributed by atoms with E-state index in [2.05, 4.69) is 0 Å². The van der Waals surface area contributed by atoms with Gasteiger partial charge in [-0.15, -0.1) is 0 Å². The van der Waals surface area contributed by atoms with E-state index >= 15 is 0 Å². The number of hydrogen-bond donors (Lipinski definition) is 1. The highest BCUT2D eigenvalue weighted by molar-refractivity contribution is 7.97. The van der Waals surface area contributed by atoms with E-state index in [9.17, 15) is 14.7 Å². The highest BCUT2D eigenvalue weighted by Crippen LogP contribution is 2.33. The van der Waals surface area contributed by atoms with Crippen molar-refractivity contribution in [2.24, 2.45) is 5.92 Å². The molecule has 1 aromatic carbocycles. The lowest BCUT2D eigenvalue weighted by molar-refractivity contribution is -0.141. The van der Waals surface area contributed by atoms with Gasteiger partial charge in [-0.2, -0.15) is 11.8 Å². The third-order valence-electron chi connectivity index (χ3n) is 4.31. The predicted octanol–water partition coefficient (Wildman–Crippen LogP) is 3.08. The summed E-state index contributed by atoms with van der Waals surface area (Å²) in [5.41, 5.74) is 0.947. The first-order valence-electron chi connectivity index (χ1n) is 7.75. The van der Waals surface area contributed by atoms with Crippen LogP contribution in [0, 0.1) is 5.92 Å². The Labute approximate surface area is 144 Å². The standard InChI is InChI=1S/C18H19NO4S/c1-24-11-13-7-8-16(23-13)17(20)19-9-14(15(10-19)18(21)22)12-5-3-2-4-6-12/h2-8,14-15H,9-11H2,1H3,(H,21,22)/t14-,15+/m1/s1. The quantitative estimate of drug-likeness (QED) is 0.902. The molecule has 1 amide bonds. The van der Waals surface area contributed by atoms with E-state index in [1.165, 1.54) is 0 Å². The summed E-state index contributed by atoms with van der Waals surface area (Å²) < 4.78 is 5.58. The van der Waals surface area contributed by atoms with Gasteiger partial charge >= 0.3 is 5.97 Å². The first-order chi connectivity index (χ1) is 11.6. The van der Waals surface area contributed by atoms with Crippen LogP contribution < -0.4 is 0 Å². The number of amides is 1. The minimum atomic E-state index is -0.873. The maximum atomic E-state index is 12.6. The third kappa shape index (κ3) is 3.33. The smallest absolute Gasteiger partial charge is 0.308 e. The van der Waals surface area contributed by atoms with E-state index in [-0.39, 0.29) is 24.1 Å². The van der Waals surface area contributed by atoms with Crippen LogP contribution in [0.25, 0.3) is 0 Å². The van der Waals surface area contributed by atoms with Gasteiger partial charge in [0.1, 0.15) is 5.76 Å². The highest BCUT2D eigenvalue weighted by Gasteiger charge is 2.41. The van der Waals surface area contributed by atoms with E-state index in [1.807, 2.05) is 36.6 Å². The number of thioether (sulfide) groups is 1. The molecule has 0 spiro atoms. The van der Waals surface area contributed by atoms with Crippen molar-refractivity contribution < 1.29 is 19.1 Å². The van der Waals surface area contributed by atoms with Gasteiger partial charge in [0.25, 0.3) is 5.91 Å². The second-order valence-corrected chi connectivity index (χ2v) is 6.74. The molecule has 1 aliphatic rings. The van der Waals surface area contributed by atoms with E-state index in [0.717, 1.165) is 11.3 Å². The molecular weight excluding hydrogens is 326 g/mol. The maximum absolute atomic E-state index is 12.6. The fraction of sp³-hybridized carbons (Fsp3) is 0.333. The van der Waals surface area contributed by atoms with Crippen molar-refractivity contribution in [3.05, 3.63) is 59.5 Å². The van der Waals surface area contributed by atoms with Gasteiger partial charge in [-0.1, -0.05) is 30.3 Å². The Morgan fingerprint density at radius 1 is 1.21 bits per heavy atom. The van der Waals surface area contributed by atoms with E-state index in [4.69, 9.17) is 4.42 Å². The molecule has 1 fully saturated rings. The molecule has 2 heterocycles. The molecule has 2 atom stereocenters. The molecular formula is C18H19NO4S. The highest BCUT2D eigenvalue weighted by atomic mass is 32.2. The molecule has 0 bridgehead atoms. The lowest BCUT2D eigenvalue weighted by Crippen LogP contribution is -2.29. The zero-order valence-electron chi connectivity index (χ0n) is 13.3. The van der Waals surface area contributed by atoms with Gasteiger partial charge in [-0.25, -0.2) is 0 Å². The molecule has 0 radical (unpaired) electrons. The summed E-state index contributed by atoms with van der Waals surface area (Å²) in [5, 5.41) is 9.53. The predicted molar refractivity (Wildman–Crippen MR) is 92.1 cm³/mol. The number of carbonyl (C=O) groups excluding carboxylic acids is 1. The first-order valence-corrected chi connectivity index (χ1v) is 9.14. The number of likely N-dealkylation sites (tertiary alicyclic amines) is 1. The van der Waals surface area contributed by atoms with Crippen LogP contribution >= 0.6 is 11.8 Å². The molecule has 0 unspecified atom stereocenters. The number of benzene rings is 1. The van der Waals surface area contributed by atoms with Crippen molar-refractivity contribution in [1.82, 2.24) is 4.90 Å². The normalized spacial score (nSPS) is 20.3. The molecule has 126 valence electrons. The Bertz CT molecular complexity index is 728. The summed E-state index contributed by atoms with van der Waals surface area (Å²) in [6.45, 7) is 0.588. The van der Waals surface area contributed by atoms with Crippen LogP contribution in [0.1, 0.15) is 27.8 Å². The van der Waals surface area contributed by atoms with Crippen LogP contribution in [0.2, 0.25) is 0 Å². The molecule has 6 heteroatoms. The van der Waals surface area contributed by atoms with Crippen molar-refractivity contribution in [1.29, 1.82) is 0 Å². The molecule has 24 heavy (non-hydrogen) atoms. The minimum absolute atomic E-state index is 0.201. The average molecular weight is 345 g/mol. The number of aliphatic carboxylic acids is 1. The van der Waals surface area contributed by atoms with Crippen molar-refractivity contribution in [2.45, 2.75) is 11.7 Å². The molecule has 5 nitrogen and oxygen atoms in total. The van der Waals surface area contributed by atoms with Gasteiger partial charge in [0, 0.05) is 19.0 Å². The number of carboxylic acid groups (broad SMARTS) is 1. The number of nitrogens with zero attached hydrogens (tertiary/aromatic N) is 1. The fourth-order valence-electron chi connectivity index (χ4n) is 3.13. The Morgan fingerprint density at radius 2 is 1.96 bits per heavy atom. The number of rotatable bonds is 5. The van der Waals surface area contributed by atoms with Crippen molar-refractivity contribution in [3.63, 3.8) is 0 Å². The van der Waals surface area contributed by atoms with Gasteiger partial charge in [-0.3, -0.25) is 9.59 Å². The van der Waals surface area contributed by atoms with E-state index in [1.54, 1.807) is 28.8 Å². The molecule has 0 saturated carbocycles. The Balaban J connectivity index is 1.79. The Kier molecular flexibility index (Phi) is 4.94. The Hall–Kier alpha value is -2.21. The SMILES string of the molecule is CSCc1ccc(C(=O)N2C[C@H](C(=O)O)[C@@H](c3ccccc3)C2)o1. The zero-order chi connectivity index (χ0) is 17.1. The number of furan rings is 1. The second kappa shape index (κ2) is 7.13. The van der Waals surface area contributed by atoms with Crippen molar-refractivity contribution in [3.8, 4) is 0 Å². The topological polar surface area (TPSA) is 70.8 Å². The molecule has 1 saturated heterocycles. The summed E-state index contributed by atoms with van der Waals surface area (Å²) in [7, 11) is 0. The number of hydrogen-bond acceptors (Lipinski definition) is 4. The third-order valence-corrected chi connectivity index (χ3v) is 4.88. The van der Waals surface area contributed by atoms with Gasteiger partial charge in [0.15, 0.2) is 5.76 Å². The van der Waals surface area contributed by atoms with Crippen LogP contribution in [0.4, 0.5) is 0 Å². The average Bonchev–Trinajstić information content (AvgIpc) is 3.22. The van der Waals surface area contributed by atoms with Gasteiger partial charge in [0.2, 0.25) is 0 Å². The van der Waals surface area contributed by atoms with Crippen molar-refractivity contribution in [2.75, 3.05) is 19.3 Å². The summed E-state index contributed by atoms with van der Waals surface area (Å²) in [6, 6.07) is 13.0. The van der Waals surface area contributed by atoms with Crippen LogP contribution in [-0.2, 0) is 10.5 Å². The van der Waals surface area contributed by atoms with Gasteiger partial charge < -0.3 is 14.4 Å². The molecule has 2 aromatic rings. The monoisotopic (exact) mass is 345 g/mol. The summed E-state index contributed by atoms with van der Waals surface area (Å²) >= 11 is 1.62. The van der Waals surface area contributed by atoms with Gasteiger partial charge in [0.05, 0.1) is 11.7 Å². The largest absolute Gasteiger partial charge is 0.481 e. The van der Waals surface area contributed by atoms with Crippen LogP contribution in [0.3, 0.4) is 0 Å². The summed E-state index contributed by atoms with van der Waals surface area (Å²) in [5.74, 6) is -0.187. The number of carboxylic acids is 1. The summed E-state index contributed by atoms with van der Waals surface area (Å²) in [6.07, 6.45) is 1.96. The van der Waals surface area contributed by atoms with Crippen LogP contribution in [0.15, 0.2) is 46.9 Å². The lowest BCUT2D eigenvalue weighted by Gasteiger charge is -2.15. The molecule has 1 aliphatic heterocycles. The fourth-order valence-corrected chi connectivity index (χ4v) is 3.57.